The number of aliphatic hydroxyl groups excluding tert-OH is 1. The van der Waals surface area contributed by atoms with Crippen LogP contribution in [0.5, 0.6) is 11.5 Å². The number of urea groups is 1. The fourth-order valence-corrected chi connectivity index (χ4v) is 2.71. The number of anilines is 3. The van der Waals surface area contributed by atoms with E-state index in [1.54, 1.807) is 48.8 Å². The summed E-state index contributed by atoms with van der Waals surface area (Å²) in [7, 11) is 0. The first-order chi connectivity index (χ1) is 15.2. The average molecular weight is 446 g/mol. The van der Waals surface area contributed by atoms with Gasteiger partial charge in [-0.1, -0.05) is 0 Å². The lowest BCUT2D eigenvalue weighted by atomic mass is 10.1. The number of amides is 2. The van der Waals surface area contributed by atoms with Crippen LogP contribution in [-0.2, 0) is 6.18 Å². The minimum absolute atomic E-state index is 0.0323. The number of alkyl halides is 3. The van der Waals surface area contributed by atoms with Crippen molar-refractivity contribution in [3.63, 3.8) is 0 Å². The second kappa shape index (κ2) is 10.0. The third kappa shape index (κ3) is 6.61. The van der Waals surface area contributed by atoms with Gasteiger partial charge >= 0.3 is 12.2 Å². The highest BCUT2D eigenvalue weighted by molar-refractivity contribution is 6.00. The first-order valence-electron chi connectivity index (χ1n) is 9.60. The highest BCUT2D eigenvalue weighted by atomic mass is 19.4. The fraction of sp³-hybridized carbons (Fsp3) is 0.182. The number of aliphatic hydroxyl groups is 1. The van der Waals surface area contributed by atoms with Gasteiger partial charge in [0.1, 0.15) is 11.5 Å². The Bertz CT molecular complexity index is 1040. The number of nitrogens with zero attached hydrogens (tertiary/aromatic N) is 1. The highest BCUT2D eigenvalue weighted by Gasteiger charge is 2.34. The van der Waals surface area contributed by atoms with Crippen LogP contribution in [0, 0.1) is 0 Å². The van der Waals surface area contributed by atoms with Crippen LogP contribution in [0.3, 0.4) is 0 Å². The molecular weight excluding hydrogens is 425 g/mol. The van der Waals surface area contributed by atoms with Crippen LogP contribution >= 0.6 is 0 Å². The molecule has 0 aliphatic rings. The number of hydrogen-bond donors (Lipinski definition) is 4. The lowest BCUT2D eigenvalue weighted by molar-refractivity contribution is -0.136. The van der Waals surface area contributed by atoms with E-state index in [4.69, 9.17) is 4.74 Å². The van der Waals surface area contributed by atoms with Crippen molar-refractivity contribution in [3.8, 4) is 11.5 Å². The van der Waals surface area contributed by atoms with Gasteiger partial charge in [0, 0.05) is 36.0 Å². The van der Waals surface area contributed by atoms with Gasteiger partial charge in [-0.15, -0.1) is 0 Å². The van der Waals surface area contributed by atoms with Crippen molar-refractivity contribution in [1.29, 1.82) is 0 Å². The maximum atomic E-state index is 13.4. The Morgan fingerprint density at radius 2 is 1.59 bits per heavy atom. The third-order valence-electron chi connectivity index (χ3n) is 4.17. The Hall–Kier alpha value is -3.79. The van der Waals surface area contributed by atoms with Crippen LogP contribution < -0.4 is 20.7 Å². The van der Waals surface area contributed by atoms with Crippen molar-refractivity contribution in [3.05, 3.63) is 72.6 Å². The standard InChI is InChI=1S/C22H21F3N4O3/c1-14(30)13-27-20-7-4-16(12-19(20)22(23,24)25)29-21(31)28-15-2-5-17(6-3-15)32-18-8-10-26-11-9-18/h2-12,14,27,30H,13H2,1H3,(H2,28,29,31). The molecule has 2 aromatic carbocycles. The largest absolute Gasteiger partial charge is 0.457 e. The molecular formula is C22H21F3N4O3. The van der Waals surface area contributed by atoms with Gasteiger partial charge in [-0.2, -0.15) is 13.2 Å². The number of halogens is 3. The molecule has 0 radical (unpaired) electrons. The molecule has 0 spiro atoms. The number of aromatic nitrogens is 1. The summed E-state index contributed by atoms with van der Waals surface area (Å²) in [5, 5.41) is 16.8. The lowest BCUT2D eigenvalue weighted by Gasteiger charge is -2.17. The fourth-order valence-electron chi connectivity index (χ4n) is 2.71. The van der Waals surface area contributed by atoms with Crippen molar-refractivity contribution < 1.29 is 27.8 Å². The lowest BCUT2D eigenvalue weighted by Crippen LogP contribution is -2.21. The second-order valence-electron chi connectivity index (χ2n) is 6.88. The van der Waals surface area contributed by atoms with Crippen LogP contribution in [0.1, 0.15) is 12.5 Å². The number of carbonyl (C=O) groups excluding carboxylic acids is 1. The molecule has 3 aromatic rings. The molecule has 1 aromatic heterocycles. The molecule has 1 heterocycles. The van der Waals surface area contributed by atoms with Gasteiger partial charge in [0.15, 0.2) is 0 Å². The van der Waals surface area contributed by atoms with Gasteiger partial charge in [-0.25, -0.2) is 4.79 Å². The predicted molar refractivity (Wildman–Crippen MR) is 115 cm³/mol. The molecule has 1 atom stereocenters. The Morgan fingerprint density at radius 3 is 2.22 bits per heavy atom. The summed E-state index contributed by atoms with van der Waals surface area (Å²) >= 11 is 0. The van der Waals surface area contributed by atoms with E-state index < -0.39 is 23.9 Å². The molecule has 3 rings (SSSR count). The van der Waals surface area contributed by atoms with E-state index in [0.29, 0.717) is 17.2 Å². The van der Waals surface area contributed by atoms with Crippen molar-refractivity contribution in [1.82, 2.24) is 4.98 Å². The minimum Gasteiger partial charge on any atom is -0.457 e. The van der Waals surface area contributed by atoms with Crippen LogP contribution in [0.2, 0.25) is 0 Å². The summed E-state index contributed by atoms with van der Waals surface area (Å²) in [6.45, 7) is 1.41. The number of carbonyl (C=O) groups is 1. The van der Waals surface area contributed by atoms with E-state index >= 15 is 0 Å². The Morgan fingerprint density at radius 1 is 1.00 bits per heavy atom. The SMILES string of the molecule is CC(O)CNc1ccc(NC(=O)Nc2ccc(Oc3ccncc3)cc2)cc1C(F)(F)F. The molecule has 2 amide bonds. The zero-order chi connectivity index (χ0) is 23.1. The molecule has 168 valence electrons. The summed E-state index contributed by atoms with van der Waals surface area (Å²) in [6, 6.07) is 12.5. The van der Waals surface area contributed by atoms with Crippen molar-refractivity contribution in [2.45, 2.75) is 19.2 Å². The maximum absolute atomic E-state index is 13.4. The molecule has 10 heteroatoms. The van der Waals surface area contributed by atoms with Crippen LogP contribution in [-0.4, -0.2) is 28.8 Å². The molecule has 1 unspecified atom stereocenters. The van der Waals surface area contributed by atoms with E-state index in [1.807, 2.05) is 0 Å². The van der Waals surface area contributed by atoms with Crippen molar-refractivity contribution in [2.75, 3.05) is 22.5 Å². The zero-order valence-corrected chi connectivity index (χ0v) is 17.0. The summed E-state index contributed by atoms with van der Waals surface area (Å²) in [4.78, 5) is 16.1. The monoisotopic (exact) mass is 446 g/mol. The second-order valence-corrected chi connectivity index (χ2v) is 6.88. The summed E-state index contributed by atoms with van der Waals surface area (Å²) in [5.41, 5.74) is -0.742. The Balaban J connectivity index is 1.64. The highest BCUT2D eigenvalue weighted by Crippen LogP contribution is 2.36. The molecule has 0 saturated heterocycles. The van der Waals surface area contributed by atoms with E-state index in [0.717, 1.165) is 6.07 Å². The summed E-state index contributed by atoms with van der Waals surface area (Å²) in [6.07, 6.45) is -2.27. The van der Waals surface area contributed by atoms with Gasteiger partial charge in [0.05, 0.1) is 11.7 Å². The Kier molecular flexibility index (Phi) is 7.16. The topological polar surface area (TPSA) is 95.5 Å². The zero-order valence-electron chi connectivity index (χ0n) is 17.0. The number of pyridine rings is 1. The maximum Gasteiger partial charge on any atom is 0.418 e. The quantitative estimate of drug-likeness (QED) is 0.394. The van der Waals surface area contributed by atoms with Gasteiger partial charge in [0.2, 0.25) is 0 Å². The van der Waals surface area contributed by atoms with E-state index in [1.165, 1.54) is 19.1 Å². The molecule has 0 aliphatic carbocycles. The van der Waals surface area contributed by atoms with Crippen LogP contribution in [0.15, 0.2) is 67.0 Å². The van der Waals surface area contributed by atoms with Crippen molar-refractivity contribution >= 4 is 23.1 Å². The molecule has 0 bridgehead atoms. The number of hydrogen-bond acceptors (Lipinski definition) is 5. The molecule has 4 N–H and O–H groups in total. The number of rotatable bonds is 7. The smallest absolute Gasteiger partial charge is 0.418 e. The predicted octanol–water partition coefficient (Wildman–Crippen LogP) is 5.33. The Labute approximate surface area is 182 Å². The molecule has 0 aliphatic heterocycles. The van der Waals surface area contributed by atoms with Crippen molar-refractivity contribution in [2.24, 2.45) is 0 Å². The van der Waals surface area contributed by atoms with E-state index in [-0.39, 0.29) is 17.9 Å². The normalized spacial score (nSPS) is 12.0. The number of nitrogens with one attached hydrogen (secondary N) is 3. The average Bonchev–Trinajstić information content (AvgIpc) is 2.74. The first kappa shape index (κ1) is 22.9. The van der Waals surface area contributed by atoms with Crippen LogP contribution in [0.25, 0.3) is 0 Å². The van der Waals surface area contributed by atoms with E-state index in [2.05, 4.69) is 20.9 Å². The van der Waals surface area contributed by atoms with Gasteiger partial charge in [-0.05, 0) is 61.5 Å². The summed E-state index contributed by atoms with van der Waals surface area (Å²) < 4.78 is 45.8. The third-order valence-corrected chi connectivity index (χ3v) is 4.17. The number of ether oxygens (including phenoxy) is 1. The molecule has 7 nitrogen and oxygen atoms in total. The minimum atomic E-state index is -4.64. The number of benzene rings is 2. The van der Waals surface area contributed by atoms with E-state index in [9.17, 15) is 23.1 Å². The molecule has 32 heavy (non-hydrogen) atoms. The van der Waals surface area contributed by atoms with Gasteiger partial charge < -0.3 is 25.8 Å². The first-order valence-corrected chi connectivity index (χ1v) is 9.60. The van der Waals surface area contributed by atoms with Crippen LogP contribution in [0.4, 0.5) is 35.0 Å². The molecule has 0 fully saturated rings. The molecule has 0 saturated carbocycles. The van der Waals surface area contributed by atoms with Gasteiger partial charge in [-0.3, -0.25) is 4.98 Å². The summed E-state index contributed by atoms with van der Waals surface area (Å²) in [5.74, 6) is 1.14. The van der Waals surface area contributed by atoms with Gasteiger partial charge in [0.25, 0.3) is 0 Å².